The van der Waals surface area contributed by atoms with Crippen molar-refractivity contribution in [2.24, 2.45) is 11.3 Å². The number of hydrogen-bond acceptors (Lipinski definition) is 5. The molecule has 0 bridgehead atoms. The van der Waals surface area contributed by atoms with Gasteiger partial charge in [-0.3, -0.25) is 9.69 Å². The topological polar surface area (TPSA) is 58.8 Å². The Morgan fingerprint density at radius 2 is 1.82 bits per heavy atom. The summed E-state index contributed by atoms with van der Waals surface area (Å²) in [4.78, 5) is 22.6. The van der Waals surface area contributed by atoms with Crippen molar-refractivity contribution in [3.05, 3.63) is 48.0 Å². The molecule has 210 valence electrons. The second-order valence-corrected chi connectivity index (χ2v) is 15.1. The Morgan fingerprint density at radius 3 is 2.37 bits per heavy atom. The van der Waals surface area contributed by atoms with E-state index < -0.39 is 9.04 Å². The van der Waals surface area contributed by atoms with Crippen LogP contribution in [0.4, 0.5) is 5.82 Å². The molecule has 1 saturated heterocycles. The molecule has 1 aliphatic heterocycles. The number of carbonyl (C=O) groups excluding carboxylic acids is 1. The Morgan fingerprint density at radius 1 is 1.11 bits per heavy atom. The minimum absolute atomic E-state index is 0.0578. The summed E-state index contributed by atoms with van der Waals surface area (Å²) in [5, 5.41) is 0. The molecule has 1 unspecified atom stereocenters. The first-order valence-electron chi connectivity index (χ1n) is 14.8. The van der Waals surface area contributed by atoms with Gasteiger partial charge in [-0.05, 0) is 87.2 Å². The van der Waals surface area contributed by atoms with E-state index in [0.29, 0.717) is 17.5 Å². The van der Waals surface area contributed by atoms with Gasteiger partial charge in [0.05, 0.1) is 11.9 Å². The molecule has 2 aromatic heterocycles. The summed E-state index contributed by atoms with van der Waals surface area (Å²) in [6.45, 7) is 16.9. The molecule has 2 aromatic rings. The number of furan rings is 1. The molecule has 1 amide bonds. The lowest BCUT2D eigenvalue weighted by Crippen LogP contribution is -2.56. The van der Waals surface area contributed by atoms with E-state index in [2.05, 4.69) is 43.7 Å². The van der Waals surface area contributed by atoms with Crippen LogP contribution in [0.5, 0.6) is 0 Å². The fraction of sp³-hybridized carbons (Fsp3) is 0.677. The average Bonchev–Trinajstić information content (AvgIpc) is 3.43. The van der Waals surface area contributed by atoms with Crippen LogP contribution in [0.2, 0.25) is 13.1 Å². The third kappa shape index (κ3) is 6.60. The predicted octanol–water partition coefficient (Wildman–Crippen LogP) is 6.85. The number of nitrogens with zero attached hydrogens (tertiary/aromatic N) is 3. The third-order valence-corrected chi connectivity index (χ3v) is 9.69. The molecule has 0 spiro atoms. The number of anilines is 1. The summed E-state index contributed by atoms with van der Waals surface area (Å²) in [6, 6.07) is 7.59. The van der Waals surface area contributed by atoms with Gasteiger partial charge in [-0.25, -0.2) is 4.98 Å². The minimum atomic E-state index is -1.22. The SMILES string of the molecule is Cc1ccc(N(C(=O)c2ccco2)C2CCN(CCC(O[SiH](C)C)(C3CCCCC3)C(C)(C)C)CC2)nc1. The number of rotatable bonds is 9. The van der Waals surface area contributed by atoms with Crippen LogP contribution >= 0.6 is 0 Å². The molecule has 0 N–H and O–H groups in total. The van der Waals surface area contributed by atoms with E-state index in [1.165, 1.54) is 32.1 Å². The van der Waals surface area contributed by atoms with Crippen molar-refractivity contribution in [2.45, 2.75) is 104 Å². The number of aromatic nitrogens is 1. The normalized spacial score (nSPS) is 20.0. The summed E-state index contributed by atoms with van der Waals surface area (Å²) in [5.74, 6) is 1.61. The molecular formula is C31H49N3O3Si. The van der Waals surface area contributed by atoms with Crippen LogP contribution in [-0.4, -0.2) is 56.1 Å². The Balaban J connectivity index is 1.46. The van der Waals surface area contributed by atoms with Crippen LogP contribution < -0.4 is 4.90 Å². The average molecular weight is 540 g/mol. The van der Waals surface area contributed by atoms with Crippen molar-refractivity contribution in [3.63, 3.8) is 0 Å². The number of aryl methyl sites for hydroxylation is 1. The Labute approximate surface area is 231 Å². The van der Waals surface area contributed by atoms with Gasteiger partial charge in [-0.2, -0.15) is 0 Å². The molecule has 2 aliphatic rings. The Hall–Kier alpha value is -1.96. The Bertz CT molecular complexity index is 1000. The lowest BCUT2D eigenvalue weighted by molar-refractivity contribution is -0.105. The first-order chi connectivity index (χ1) is 18.1. The molecule has 0 aromatic carbocycles. The molecule has 1 atom stereocenters. The van der Waals surface area contributed by atoms with Gasteiger partial charge in [-0.1, -0.05) is 46.1 Å². The highest BCUT2D eigenvalue weighted by Gasteiger charge is 2.49. The van der Waals surface area contributed by atoms with Crippen molar-refractivity contribution in [2.75, 3.05) is 24.5 Å². The van der Waals surface area contributed by atoms with E-state index >= 15 is 0 Å². The minimum Gasteiger partial charge on any atom is -0.459 e. The van der Waals surface area contributed by atoms with E-state index in [-0.39, 0.29) is 23.0 Å². The molecule has 1 saturated carbocycles. The third-order valence-electron chi connectivity index (χ3n) is 8.80. The maximum atomic E-state index is 13.5. The number of pyridine rings is 1. The lowest BCUT2D eigenvalue weighted by atomic mass is 9.63. The standard InChI is InChI=1S/C31H49N3O3Si/c1-24-14-15-28(32-23-24)34(29(35)27-13-10-22-36-27)26-16-19-33(20-17-26)21-18-31(30(2,3)4,37-38(5)6)25-11-8-7-9-12-25/h10,13-15,22-23,25-26,38H,7-9,11-12,16-21H2,1-6H3. The number of carbonyl (C=O) groups is 1. The quantitative estimate of drug-likeness (QED) is 0.326. The van der Waals surface area contributed by atoms with E-state index in [9.17, 15) is 4.79 Å². The number of amides is 1. The maximum Gasteiger partial charge on any atom is 0.295 e. The van der Waals surface area contributed by atoms with Crippen LogP contribution in [0.25, 0.3) is 0 Å². The van der Waals surface area contributed by atoms with Gasteiger partial charge in [0.15, 0.2) is 14.8 Å². The molecule has 1 aliphatic carbocycles. The largest absolute Gasteiger partial charge is 0.459 e. The second-order valence-electron chi connectivity index (χ2n) is 12.8. The first-order valence-corrected chi connectivity index (χ1v) is 17.6. The number of piperidine rings is 1. The summed E-state index contributed by atoms with van der Waals surface area (Å²) in [6.07, 6.45) is 13.0. The molecule has 3 heterocycles. The van der Waals surface area contributed by atoms with Crippen molar-refractivity contribution in [1.29, 1.82) is 0 Å². The summed E-state index contributed by atoms with van der Waals surface area (Å²) >= 11 is 0. The van der Waals surface area contributed by atoms with Crippen molar-refractivity contribution in [1.82, 2.24) is 9.88 Å². The van der Waals surface area contributed by atoms with Crippen LogP contribution in [0.15, 0.2) is 41.1 Å². The summed E-state index contributed by atoms with van der Waals surface area (Å²) < 4.78 is 12.6. The van der Waals surface area contributed by atoms with E-state index in [4.69, 9.17) is 8.84 Å². The fourth-order valence-electron chi connectivity index (χ4n) is 6.82. The monoisotopic (exact) mass is 539 g/mol. The zero-order chi connectivity index (χ0) is 27.3. The van der Waals surface area contributed by atoms with Crippen LogP contribution in [0.3, 0.4) is 0 Å². The second kappa shape index (κ2) is 12.5. The summed E-state index contributed by atoms with van der Waals surface area (Å²) in [5.41, 5.74) is 1.13. The van der Waals surface area contributed by atoms with Crippen molar-refractivity contribution < 1.29 is 13.6 Å². The molecule has 0 radical (unpaired) electrons. The predicted molar refractivity (Wildman–Crippen MR) is 157 cm³/mol. The molecule has 4 rings (SSSR count). The lowest BCUT2D eigenvalue weighted by Gasteiger charge is -2.53. The fourth-order valence-corrected chi connectivity index (χ4v) is 8.32. The highest BCUT2D eigenvalue weighted by atomic mass is 28.3. The molecule has 7 heteroatoms. The van der Waals surface area contributed by atoms with Crippen LogP contribution in [0, 0.1) is 18.3 Å². The molecule has 38 heavy (non-hydrogen) atoms. The van der Waals surface area contributed by atoms with Gasteiger partial charge >= 0.3 is 0 Å². The first kappa shape index (κ1) is 29.0. The number of likely N-dealkylation sites (tertiary alicyclic amines) is 1. The van der Waals surface area contributed by atoms with Crippen LogP contribution in [-0.2, 0) is 4.43 Å². The smallest absolute Gasteiger partial charge is 0.295 e. The molecule has 2 fully saturated rings. The van der Waals surface area contributed by atoms with Gasteiger partial charge in [0, 0.05) is 31.9 Å². The van der Waals surface area contributed by atoms with E-state index in [0.717, 1.165) is 44.5 Å². The van der Waals surface area contributed by atoms with Gasteiger partial charge in [-0.15, -0.1) is 0 Å². The zero-order valence-electron chi connectivity index (χ0n) is 24.5. The van der Waals surface area contributed by atoms with E-state index in [1.54, 1.807) is 18.4 Å². The van der Waals surface area contributed by atoms with Gasteiger partial charge < -0.3 is 13.7 Å². The van der Waals surface area contributed by atoms with Crippen molar-refractivity contribution >= 4 is 20.8 Å². The zero-order valence-corrected chi connectivity index (χ0v) is 25.7. The highest BCUT2D eigenvalue weighted by molar-refractivity contribution is 6.48. The number of hydrogen-bond donors (Lipinski definition) is 0. The van der Waals surface area contributed by atoms with Crippen LogP contribution in [0.1, 0.15) is 88.3 Å². The van der Waals surface area contributed by atoms with Crippen molar-refractivity contribution in [3.8, 4) is 0 Å². The maximum absolute atomic E-state index is 13.5. The highest BCUT2D eigenvalue weighted by Crippen LogP contribution is 2.48. The molecular weight excluding hydrogens is 490 g/mol. The summed E-state index contributed by atoms with van der Waals surface area (Å²) in [7, 11) is -1.22. The van der Waals surface area contributed by atoms with Gasteiger partial charge in [0.1, 0.15) is 5.82 Å². The van der Waals surface area contributed by atoms with Gasteiger partial charge in [0.25, 0.3) is 5.91 Å². The Kier molecular flexibility index (Phi) is 9.53. The van der Waals surface area contributed by atoms with E-state index in [1.807, 2.05) is 30.2 Å². The van der Waals surface area contributed by atoms with Gasteiger partial charge in [0.2, 0.25) is 0 Å². The molecule has 6 nitrogen and oxygen atoms in total.